The van der Waals surface area contributed by atoms with Crippen molar-refractivity contribution < 1.29 is 20.1 Å². The lowest BCUT2D eigenvalue weighted by Crippen LogP contribution is -2.12. The van der Waals surface area contributed by atoms with E-state index in [9.17, 15) is 15.3 Å². The Morgan fingerprint density at radius 2 is 1.18 bits per heavy atom. The molecule has 0 bridgehead atoms. The fraction of sp³-hybridized carbons (Fsp3) is 0.143. The van der Waals surface area contributed by atoms with E-state index >= 15 is 0 Å². The third-order valence-corrected chi connectivity index (χ3v) is 5.96. The Labute approximate surface area is 193 Å². The third-order valence-electron chi connectivity index (χ3n) is 5.96. The van der Waals surface area contributed by atoms with Crippen LogP contribution in [-0.4, -0.2) is 15.3 Å². The second-order valence-electron chi connectivity index (χ2n) is 8.16. The number of phenolic OH excluding ortho intramolecular Hbond substituents is 3. The Kier molecular flexibility index (Phi) is 5.88. The number of aromatic hydroxyl groups is 3. The van der Waals surface area contributed by atoms with Crippen LogP contribution in [0.4, 0.5) is 17.1 Å². The van der Waals surface area contributed by atoms with E-state index in [-0.39, 0.29) is 17.2 Å². The van der Waals surface area contributed by atoms with Crippen molar-refractivity contribution >= 4 is 17.1 Å². The number of phenols is 3. The van der Waals surface area contributed by atoms with E-state index in [2.05, 4.69) is 0 Å². The van der Waals surface area contributed by atoms with Gasteiger partial charge >= 0.3 is 0 Å². The van der Waals surface area contributed by atoms with Crippen molar-refractivity contribution in [3.05, 3.63) is 95.1 Å². The van der Waals surface area contributed by atoms with Crippen LogP contribution in [0.1, 0.15) is 22.3 Å². The van der Waals surface area contributed by atoms with E-state index in [0.29, 0.717) is 11.5 Å². The van der Waals surface area contributed by atoms with Gasteiger partial charge in [-0.15, -0.1) is 0 Å². The molecule has 0 aliphatic carbocycles. The first kappa shape index (κ1) is 22.1. The molecule has 5 heteroatoms. The van der Waals surface area contributed by atoms with Gasteiger partial charge in [0.1, 0.15) is 28.7 Å². The Hall–Kier alpha value is -4.12. The normalized spacial score (nSPS) is 10.8. The predicted octanol–water partition coefficient (Wildman–Crippen LogP) is 7.30. The number of anilines is 3. The summed E-state index contributed by atoms with van der Waals surface area (Å²) in [7, 11) is 0. The molecule has 0 radical (unpaired) electrons. The summed E-state index contributed by atoms with van der Waals surface area (Å²) >= 11 is 0. The van der Waals surface area contributed by atoms with Crippen molar-refractivity contribution in [2.75, 3.05) is 4.90 Å². The van der Waals surface area contributed by atoms with Crippen molar-refractivity contribution in [2.24, 2.45) is 0 Å². The Morgan fingerprint density at radius 1 is 0.636 bits per heavy atom. The van der Waals surface area contributed by atoms with E-state index in [1.54, 1.807) is 36.4 Å². The molecule has 0 fully saturated rings. The maximum Gasteiger partial charge on any atom is 0.134 e. The second kappa shape index (κ2) is 8.79. The molecule has 0 saturated heterocycles. The van der Waals surface area contributed by atoms with Crippen LogP contribution in [-0.2, 0) is 0 Å². The lowest BCUT2D eigenvalue weighted by molar-refractivity contribution is 0.452. The van der Waals surface area contributed by atoms with Crippen molar-refractivity contribution in [3.63, 3.8) is 0 Å². The van der Waals surface area contributed by atoms with Gasteiger partial charge < -0.3 is 25.0 Å². The summed E-state index contributed by atoms with van der Waals surface area (Å²) in [6.45, 7) is 7.61. The number of hydrogen-bond donors (Lipinski definition) is 3. The highest BCUT2D eigenvalue weighted by Crippen LogP contribution is 2.42. The molecular formula is C28H27NO4. The van der Waals surface area contributed by atoms with Gasteiger partial charge in [0.15, 0.2) is 0 Å². The zero-order valence-corrected chi connectivity index (χ0v) is 19.1. The lowest BCUT2D eigenvalue weighted by atomic mass is 10.1. The van der Waals surface area contributed by atoms with Gasteiger partial charge in [0, 0.05) is 22.9 Å². The predicted molar refractivity (Wildman–Crippen MR) is 132 cm³/mol. The van der Waals surface area contributed by atoms with Gasteiger partial charge in [0.2, 0.25) is 0 Å². The van der Waals surface area contributed by atoms with E-state index in [1.807, 2.05) is 69.0 Å². The Bertz CT molecular complexity index is 1260. The molecule has 0 heterocycles. The highest BCUT2D eigenvalue weighted by molar-refractivity contribution is 5.82. The van der Waals surface area contributed by atoms with Crippen molar-refractivity contribution in [1.82, 2.24) is 0 Å². The van der Waals surface area contributed by atoms with E-state index in [1.165, 1.54) is 0 Å². The molecule has 4 rings (SSSR count). The molecule has 0 aliphatic rings. The zero-order valence-electron chi connectivity index (χ0n) is 19.1. The summed E-state index contributed by atoms with van der Waals surface area (Å²) in [5.74, 6) is 1.79. The van der Waals surface area contributed by atoms with Gasteiger partial charge in [-0.2, -0.15) is 0 Å². The number of rotatable bonds is 5. The minimum absolute atomic E-state index is 0.162. The lowest BCUT2D eigenvalue weighted by Gasteiger charge is -2.29. The van der Waals surface area contributed by atoms with Crippen LogP contribution in [0.5, 0.6) is 28.7 Å². The smallest absolute Gasteiger partial charge is 0.134 e. The van der Waals surface area contributed by atoms with Gasteiger partial charge in [-0.25, -0.2) is 0 Å². The highest BCUT2D eigenvalue weighted by Gasteiger charge is 2.19. The molecule has 0 aromatic heterocycles. The summed E-state index contributed by atoms with van der Waals surface area (Å²) in [6, 6.07) is 21.7. The van der Waals surface area contributed by atoms with Crippen LogP contribution < -0.4 is 9.64 Å². The number of ether oxygens (including phenoxy) is 1. The van der Waals surface area contributed by atoms with Gasteiger partial charge in [-0.3, -0.25) is 0 Å². The quantitative estimate of drug-likeness (QED) is 0.303. The van der Waals surface area contributed by atoms with E-state index in [4.69, 9.17) is 4.74 Å². The van der Waals surface area contributed by atoms with Gasteiger partial charge in [-0.1, -0.05) is 12.1 Å². The zero-order chi connectivity index (χ0) is 23.7. The first-order valence-corrected chi connectivity index (χ1v) is 10.7. The van der Waals surface area contributed by atoms with E-state index in [0.717, 1.165) is 39.3 Å². The van der Waals surface area contributed by atoms with Crippen LogP contribution in [0.2, 0.25) is 0 Å². The number of aryl methyl sites for hydroxylation is 1. The first-order chi connectivity index (χ1) is 15.8. The molecule has 0 amide bonds. The fourth-order valence-electron chi connectivity index (χ4n) is 3.82. The molecule has 3 N–H and O–H groups in total. The Balaban J connectivity index is 1.77. The van der Waals surface area contributed by atoms with Crippen molar-refractivity contribution in [1.29, 1.82) is 0 Å². The average Bonchev–Trinajstić information content (AvgIpc) is 2.78. The summed E-state index contributed by atoms with van der Waals surface area (Å²) in [5.41, 5.74) is 5.82. The average molecular weight is 442 g/mol. The molecule has 5 nitrogen and oxygen atoms in total. The maximum atomic E-state index is 10.3. The second-order valence-corrected chi connectivity index (χ2v) is 8.16. The highest BCUT2D eigenvalue weighted by atomic mass is 16.5. The minimum atomic E-state index is 0.162. The molecule has 0 saturated carbocycles. The summed E-state index contributed by atoms with van der Waals surface area (Å²) in [4.78, 5) is 2.00. The van der Waals surface area contributed by atoms with Gasteiger partial charge in [0.25, 0.3) is 0 Å². The molecule has 0 aliphatic heterocycles. The molecule has 33 heavy (non-hydrogen) atoms. The molecular weight excluding hydrogens is 414 g/mol. The molecule has 0 atom stereocenters. The van der Waals surface area contributed by atoms with Crippen molar-refractivity contribution in [2.45, 2.75) is 27.7 Å². The maximum absolute atomic E-state index is 10.3. The van der Waals surface area contributed by atoms with Crippen LogP contribution in [0.25, 0.3) is 0 Å². The first-order valence-electron chi connectivity index (χ1n) is 10.7. The molecule has 0 spiro atoms. The SMILES string of the molecule is Cc1cc(O)cc(Oc2ccc(N(c3cccc(O)c3C)c3cccc(O)c3C)cc2)c1C. The summed E-state index contributed by atoms with van der Waals surface area (Å²) < 4.78 is 6.04. The van der Waals surface area contributed by atoms with Crippen molar-refractivity contribution in [3.8, 4) is 28.7 Å². The van der Waals surface area contributed by atoms with E-state index < -0.39 is 0 Å². The fourth-order valence-corrected chi connectivity index (χ4v) is 3.82. The minimum Gasteiger partial charge on any atom is -0.508 e. The number of nitrogens with zero attached hydrogens (tertiary/aromatic N) is 1. The molecule has 0 unspecified atom stereocenters. The third kappa shape index (κ3) is 4.30. The van der Waals surface area contributed by atoms with Crippen LogP contribution >= 0.6 is 0 Å². The largest absolute Gasteiger partial charge is 0.508 e. The summed E-state index contributed by atoms with van der Waals surface area (Å²) in [6.07, 6.45) is 0. The molecule has 4 aromatic carbocycles. The monoisotopic (exact) mass is 441 g/mol. The van der Waals surface area contributed by atoms with Crippen LogP contribution in [0, 0.1) is 27.7 Å². The van der Waals surface area contributed by atoms with Crippen LogP contribution in [0.15, 0.2) is 72.8 Å². The number of hydrogen-bond acceptors (Lipinski definition) is 5. The standard InChI is InChI=1S/C28H27NO4/c1-17-15-22(30)16-28(18(17)2)33-23-13-11-21(12-14-23)29(24-7-5-9-26(31)19(24)3)25-8-6-10-27(32)20(25)4/h5-16,30-32H,1-4H3. The van der Waals surface area contributed by atoms with Crippen LogP contribution in [0.3, 0.4) is 0 Å². The number of benzene rings is 4. The molecule has 4 aromatic rings. The van der Waals surface area contributed by atoms with Gasteiger partial charge in [-0.05, 0) is 93.4 Å². The summed E-state index contributed by atoms with van der Waals surface area (Å²) in [5, 5.41) is 30.6. The van der Waals surface area contributed by atoms with Gasteiger partial charge in [0.05, 0.1) is 11.4 Å². The Morgan fingerprint density at radius 3 is 1.73 bits per heavy atom. The topological polar surface area (TPSA) is 73.2 Å². The molecule has 168 valence electrons.